The molecule has 0 spiro atoms. The molecular formula is C16H16N4S. The van der Waals surface area contributed by atoms with Crippen molar-refractivity contribution in [3.63, 3.8) is 0 Å². The second kappa shape index (κ2) is 5.00. The van der Waals surface area contributed by atoms with Crippen molar-refractivity contribution < 1.29 is 0 Å². The molecule has 0 radical (unpaired) electrons. The van der Waals surface area contributed by atoms with Crippen LogP contribution < -0.4 is 5.32 Å². The van der Waals surface area contributed by atoms with Gasteiger partial charge >= 0.3 is 0 Å². The standard InChI is InChI=1S/C16H16N4S/c1-11-5-2-3-6-12(11)14-9-13(15-7-4-8-21-15)19-16-17-10-18-20(14)16/h2-8,10,13-14H,9H2,1H3,(H,17,18,19)/t13-,14+/m0/s1. The van der Waals surface area contributed by atoms with Crippen LogP contribution >= 0.6 is 11.3 Å². The quantitative estimate of drug-likeness (QED) is 0.782. The monoisotopic (exact) mass is 296 g/mol. The average Bonchev–Trinajstić information content (AvgIpc) is 3.18. The number of fused-ring (bicyclic) bond motifs is 1. The molecule has 2 aromatic heterocycles. The Hall–Kier alpha value is -2.14. The zero-order valence-corrected chi connectivity index (χ0v) is 12.5. The van der Waals surface area contributed by atoms with Crippen molar-refractivity contribution in [1.82, 2.24) is 14.8 Å². The van der Waals surface area contributed by atoms with Crippen LogP contribution in [0.4, 0.5) is 5.95 Å². The first-order valence-corrected chi connectivity index (χ1v) is 7.96. The lowest BCUT2D eigenvalue weighted by Gasteiger charge is -2.31. The average molecular weight is 296 g/mol. The van der Waals surface area contributed by atoms with E-state index < -0.39 is 0 Å². The fraction of sp³-hybridized carbons (Fsp3) is 0.250. The topological polar surface area (TPSA) is 42.7 Å². The molecule has 0 saturated heterocycles. The Labute approximate surface area is 127 Å². The highest BCUT2D eigenvalue weighted by molar-refractivity contribution is 7.10. The van der Waals surface area contributed by atoms with Crippen LogP contribution in [0.5, 0.6) is 0 Å². The number of aromatic nitrogens is 3. The maximum atomic E-state index is 4.42. The van der Waals surface area contributed by atoms with Gasteiger partial charge in [-0.15, -0.1) is 11.3 Å². The van der Waals surface area contributed by atoms with Crippen molar-refractivity contribution in [3.05, 3.63) is 64.1 Å². The van der Waals surface area contributed by atoms with E-state index in [0.29, 0.717) is 6.04 Å². The van der Waals surface area contributed by atoms with E-state index in [4.69, 9.17) is 0 Å². The molecule has 0 saturated carbocycles. The van der Waals surface area contributed by atoms with Crippen LogP contribution in [0.2, 0.25) is 0 Å². The molecule has 0 unspecified atom stereocenters. The van der Waals surface area contributed by atoms with Gasteiger partial charge < -0.3 is 5.32 Å². The first-order valence-electron chi connectivity index (χ1n) is 7.08. The van der Waals surface area contributed by atoms with Crippen molar-refractivity contribution in [1.29, 1.82) is 0 Å². The van der Waals surface area contributed by atoms with Gasteiger partial charge in [0.05, 0.1) is 12.1 Å². The first-order chi connectivity index (χ1) is 10.3. The molecule has 3 aromatic rings. The van der Waals surface area contributed by atoms with Crippen molar-refractivity contribution in [2.75, 3.05) is 5.32 Å². The smallest absolute Gasteiger partial charge is 0.222 e. The van der Waals surface area contributed by atoms with Crippen LogP contribution in [0.1, 0.15) is 34.5 Å². The van der Waals surface area contributed by atoms with E-state index in [1.165, 1.54) is 16.0 Å². The summed E-state index contributed by atoms with van der Waals surface area (Å²) in [5, 5.41) is 10.0. The third kappa shape index (κ3) is 2.14. The number of aryl methyl sites for hydroxylation is 1. The third-order valence-corrected chi connectivity index (χ3v) is 5.05. The highest BCUT2D eigenvalue weighted by Crippen LogP contribution is 2.39. The van der Waals surface area contributed by atoms with Crippen LogP contribution in [-0.2, 0) is 0 Å². The molecule has 106 valence electrons. The maximum absolute atomic E-state index is 4.42. The van der Waals surface area contributed by atoms with Gasteiger partial charge in [-0.05, 0) is 35.9 Å². The van der Waals surface area contributed by atoms with Gasteiger partial charge in [0, 0.05) is 4.88 Å². The van der Waals surface area contributed by atoms with Gasteiger partial charge in [-0.2, -0.15) is 10.1 Å². The van der Waals surface area contributed by atoms with E-state index in [1.54, 1.807) is 17.7 Å². The number of thiophene rings is 1. The Morgan fingerprint density at radius 2 is 2.14 bits per heavy atom. The van der Waals surface area contributed by atoms with Gasteiger partial charge in [-0.1, -0.05) is 30.3 Å². The number of nitrogens with zero attached hydrogens (tertiary/aromatic N) is 3. The Balaban J connectivity index is 1.78. The summed E-state index contributed by atoms with van der Waals surface area (Å²) in [5.41, 5.74) is 2.63. The summed E-state index contributed by atoms with van der Waals surface area (Å²) in [6.45, 7) is 2.16. The van der Waals surface area contributed by atoms with Crippen LogP contribution in [-0.4, -0.2) is 14.8 Å². The lowest BCUT2D eigenvalue weighted by Crippen LogP contribution is -2.28. The highest BCUT2D eigenvalue weighted by Gasteiger charge is 2.30. The first kappa shape index (κ1) is 12.6. The molecule has 5 heteroatoms. The fourth-order valence-corrected chi connectivity index (χ4v) is 3.81. The molecule has 0 fully saturated rings. The summed E-state index contributed by atoms with van der Waals surface area (Å²) in [6, 6.07) is 13.4. The zero-order valence-electron chi connectivity index (χ0n) is 11.7. The second-order valence-corrected chi connectivity index (χ2v) is 6.33. The van der Waals surface area contributed by atoms with Crippen LogP contribution in [0.3, 0.4) is 0 Å². The molecule has 2 atom stereocenters. The molecule has 1 aliphatic rings. The van der Waals surface area contributed by atoms with Crippen molar-refractivity contribution in [2.24, 2.45) is 0 Å². The number of anilines is 1. The second-order valence-electron chi connectivity index (χ2n) is 5.35. The summed E-state index contributed by atoms with van der Waals surface area (Å²) in [6.07, 6.45) is 2.62. The Morgan fingerprint density at radius 1 is 1.24 bits per heavy atom. The minimum atomic E-state index is 0.233. The van der Waals surface area contributed by atoms with Crippen LogP contribution in [0.15, 0.2) is 48.1 Å². The molecule has 3 heterocycles. The summed E-state index contributed by atoms with van der Waals surface area (Å²) >= 11 is 1.79. The molecular weight excluding hydrogens is 280 g/mol. The molecule has 21 heavy (non-hydrogen) atoms. The van der Waals surface area contributed by atoms with Gasteiger partial charge in [0.2, 0.25) is 5.95 Å². The van der Waals surface area contributed by atoms with E-state index in [9.17, 15) is 0 Å². The predicted molar refractivity (Wildman–Crippen MR) is 84.6 cm³/mol. The predicted octanol–water partition coefficient (Wildman–Crippen LogP) is 3.79. The van der Waals surface area contributed by atoms with E-state index in [2.05, 4.69) is 64.1 Å². The SMILES string of the molecule is Cc1ccccc1[C@H]1C[C@@H](c2cccs2)Nc2ncnn21. The molecule has 1 N–H and O–H groups in total. The van der Waals surface area contributed by atoms with E-state index in [0.717, 1.165) is 12.4 Å². The van der Waals surface area contributed by atoms with Gasteiger partial charge in [0.15, 0.2) is 0 Å². The zero-order chi connectivity index (χ0) is 14.2. The van der Waals surface area contributed by atoms with E-state index >= 15 is 0 Å². The van der Waals surface area contributed by atoms with Gasteiger partial charge in [0.1, 0.15) is 6.33 Å². The highest BCUT2D eigenvalue weighted by atomic mass is 32.1. The largest absolute Gasteiger partial charge is 0.347 e. The van der Waals surface area contributed by atoms with E-state index in [-0.39, 0.29) is 6.04 Å². The molecule has 4 rings (SSSR count). The molecule has 4 nitrogen and oxygen atoms in total. The summed E-state index contributed by atoms with van der Waals surface area (Å²) in [7, 11) is 0. The lowest BCUT2D eigenvalue weighted by molar-refractivity contribution is 0.432. The molecule has 0 amide bonds. The Bertz CT molecular complexity index is 747. The van der Waals surface area contributed by atoms with Crippen molar-refractivity contribution in [2.45, 2.75) is 25.4 Å². The van der Waals surface area contributed by atoms with Crippen molar-refractivity contribution >= 4 is 17.3 Å². The van der Waals surface area contributed by atoms with Gasteiger partial charge in [-0.3, -0.25) is 0 Å². The number of benzene rings is 1. The maximum Gasteiger partial charge on any atom is 0.222 e. The van der Waals surface area contributed by atoms with Crippen LogP contribution in [0, 0.1) is 6.92 Å². The Morgan fingerprint density at radius 3 is 2.95 bits per heavy atom. The normalized spacial score (nSPS) is 20.8. The minimum Gasteiger partial charge on any atom is -0.347 e. The number of rotatable bonds is 2. The number of hydrogen-bond acceptors (Lipinski definition) is 4. The number of nitrogens with one attached hydrogen (secondary N) is 1. The summed E-state index contributed by atoms with van der Waals surface area (Å²) in [4.78, 5) is 5.72. The van der Waals surface area contributed by atoms with Gasteiger partial charge in [-0.25, -0.2) is 4.68 Å². The van der Waals surface area contributed by atoms with Gasteiger partial charge in [0.25, 0.3) is 0 Å². The Kier molecular flexibility index (Phi) is 3.00. The summed E-state index contributed by atoms with van der Waals surface area (Å²) in [5.74, 6) is 0.855. The molecule has 0 bridgehead atoms. The van der Waals surface area contributed by atoms with Crippen molar-refractivity contribution in [3.8, 4) is 0 Å². The lowest BCUT2D eigenvalue weighted by atomic mass is 9.94. The molecule has 0 aliphatic carbocycles. The molecule has 1 aromatic carbocycles. The minimum absolute atomic E-state index is 0.233. The fourth-order valence-electron chi connectivity index (χ4n) is 3.02. The number of hydrogen-bond donors (Lipinski definition) is 1. The molecule has 1 aliphatic heterocycles. The van der Waals surface area contributed by atoms with Crippen LogP contribution in [0.25, 0.3) is 0 Å². The third-order valence-electron chi connectivity index (χ3n) is 4.06. The summed E-state index contributed by atoms with van der Waals surface area (Å²) < 4.78 is 2.01. The van der Waals surface area contributed by atoms with E-state index in [1.807, 2.05) is 4.68 Å².